The summed E-state index contributed by atoms with van der Waals surface area (Å²) in [6.07, 6.45) is 53.0. The van der Waals surface area contributed by atoms with Gasteiger partial charge in [-0.1, -0.05) is 144 Å². The van der Waals surface area contributed by atoms with Crippen molar-refractivity contribution in [3.63, 3.8) is 0 Å². The van der Waals surface area contributed by atoms with Gasteiger partial charge in [0.1, 0.15) is 12.6 Å². The Labute approximate surface area is 306 Å². The van der Waals surface area contributed by atoms with Gasteiger partial charge in [0.05, 0.1) is 0 Å². The van der Waals surface area contributed by atoms with Gasteiger partial charge in [-0.3, -0.25) is 14.4 Å². The number of allylic oxidation sites excluding steroid dienone is 13. The van der Waals surface area contributed by atoms with E-state index in [2.05, 4.69) is 98.2 Å². The molecule has 6 nitrogen and oxygen atoms in total. The van der Waals surface area contributed by atoms with Crippen LogP contribution in [0.4, 0.5) is 0 Å². The smallest absolute Gasteiger partial charge is 0.322 e. The van der Waals surface area contributed by atoms with E-state index in [1.807, 2.05) is 6.08 Å². The van der Waals surface area contributed by atoms with Crippen molar-refractivity contribution in [1.29, 1.82) is 0 Å². The lowest BCUT2D eigenvalue weighted by atomic mass is 10.1. The van der Waals surface area contributed by atoms with Crippen LogP contribution in [0.25, 0.3) is 0 Å². The first-order chi connectivity index (χ1) is 24.5. The average Bonchev–Trinajstić information content (AvgIpc) is 3.10. The number of carboxylic acids is 1. The molecule has 0 aromatic rings. The van der Waals surface area contributed by atoms with Crippen LogP contribution in [0, 0.1) is 0 Å². The molecule has 0 spiro atoms. The van der Waals surface area contributed by atoms with Crippen molar-refractivity contribution in [1.82, 2.24) is 5.32 Å². The fourth-order valence-electron chi connectivity index (χ4n) is 5.14. The first-order valence-corrected chi connectivity index (χ1v) is 19.7. The van der Waals surface area contributed by atoms with Crippen molar-refractivity contribution in [2.75, 3.05) is 6.54 Å². The van der Waals surface area contributed by atoms with Crippen molar-refractivity contribution >= 4 is 17.8 Å². The van der Waals surface area contributed by atoms with Crippen LogP contribution < -0.4 is 5.32 Å². The molecule has 0 fully saturated rings. The molecule has 282 valence electrons. The summed E-state index contributed by atoms with van der Waals surface area (Å²) >= 11 is 0. The molecule has 0 radical (unpaired) electrons. The summed E-state index contributed by atoms with van der Waals surface area (Å²) in [5.74, 6) is -1.38. The molecule has 0 saturated carbocycles. The van der Waals surface area contributed by atoms with Gasteiger partial charge in [-0.25, -0.2) is 0 Å². The second kappa shape index (κ2) is 38.4. The molecule has 0 aromatic heterocycles. The Kier molecular flexibility index (Phi) is 35.8. The Bertz CT molecular complexity index is 1030. The first-order valence-electron chi connectivity index (χ1n) is 19.7. The van der Waals surface area contributed by atoms with E-state index in [-0.39, 0.29) is 24.5 Å². The second-order valence-electron chi connectivity index (χ2n) is 12.8. The van der Waals surface area contributed by atoms with E-state index >= 15 is 0 Å². The molecule has 0 aliphatic heterocycles. The highest BCUT2D eigenvalue weighted by molar-refractivity contribution is 5.80. The maximum atomic E-state index is 12.6. The number of hydrogen-bond donors (Lipinski definition) is 2. The highest BCUT2D eigenvalue weighted by Gasteiger charge is 2.11. The SMILES string of the molecule is CC/C=C\C/C=C\C/C=C\C/C=C\C/C=C\CCCCCCCCCC(=O)OC(/C=C\C/C=C\CCC)CCCCCCC(=O)NCC(=O)O. The number of hydrogen-bond acceptors (Lipinski definition) is 4. The Hall–Kier alpha value is -3.41. The van der Waals surface area contributed by atoms with E-state index in [0.717, 1.165) is 109 Å². The van der Waals surface area contributed by atoms with Crippen molar-refractivity contribution < 1.29 is 24.2 Å². The zero-order chi connectivity index (χ0) is 36.6. The van der Waals surface area contributed by atoms with E-state index in [1.54, 1.807) is 0 Å². The molecule has 0 aliphatic carbocycles. The van der Waals surface area contributed by atoms with E-state index < -0.39 is 5.97 Å². The van der Waals surface area contributed by atoms with Gasteiger partial charge in [-0.05, 0) is 89.5 Å². The van der Waals surface area contributed by atoms with Gasteiger partial charge in [0, 0.05) is 12.8 Å². The molecule has 1 amide bonds. The van der Waals surface area contributed by atoms with Gasteiger partial charge in [0.15, 0.2) is 0 Å². The third-order valence-corrected chi connectivity index (χ3v) is 8.02. The van der Waals surface area contributed by atoms with Crippen LogP contribution in [0.5, 0.6) is 0 Å². The van der Waals surface area contributed by atoms with Crippen LogP contribution in [0.1, 0.15) is 162 Å². The largest absolute Gasteiger partial charge is 0.480 e. The summed E-state index contributed by atoms with van der Waals surface area (Å²) in [5, 5.41) is 11.0. The zero-order valence-corrected chi connectivity index (χ0v) is 31.7. The predicted octanol–water partition coefficient (Wildman–Crippen LogP) is 12.0. The fourth-order valence-corrected chi connectivity index (χ4v) is 5.14. The molecule has 2 N–H and O–H groups in total. The molecule has 1 atom stereocenters. The normalized spacial score (nSPS) is 13.0. The minimum atomic E-state index is -1.03. The van der Waals surface area contributed by atoms with E-state index in [9.17, 15) is 14.4 Å². The lowest BCUT2D eigenvalue weighted by Gasteiger charge is -2.14. The number of unbranched alkanes of at least 4 members (excludes halogenated alkanes) is 11. The van der Waals surface area contributed by atoms with Crippen LogP contribution in [-0.2, 0) is 19.1 Å². The summed E-state index contributed by atoms with van der Waals surface area (Å²) in [4.78, 5) is 34.8. The standard InChI is InChI=1S/C44H71NO5/c1-3-5-7-9-11-12-13-14-15-16-17-18-19-20-21-22-23-24-25-26-27-29-35-39-44(49)50-41(36-32-28-10-8-6-4-2)37-33-30-31-34-38-42(46)45-40-43(47)48/h5,7-8,10-12,14-15,17-18,20-21,32,36,41H,3-4,6,9,13,16,19,22-31,33-35,37-40H2,1-2H3,(H,45,46)(H,47,48)/b7-5-,10-8-,12-11-,15-14-,18-17-,21-20-,36-32-. The van der Waals surface area contributed by atoms with E-state index in [4.69, 9.17) is 9.84 Å². The summed E-state index contributed by atoms with van der Waals surface area (Å²) in [7, 11) is 0. The summed E-state index contributed by atoms with van der Waals surface area (Å²) < 4.78 is 5.84. The number of nitrogens with one attached hydrogen (secondary N) is 1. The molecular weight excluding hydrogens is 622 g/mol. The number of rotatable bonds is 34. The summed E-state index contributed by atoms with van der Waals surface area (Å²) in [6.45, 7) is 3.98. The zero-order valence-electron chi connectivity index (χ0n) is 31.7. The maximum absolute atomic E-state index is 12.6. The third-order valence-electron chi connectivity index (χ3n) is 8.02. The molecule has 0 saturated heterocycles. The summed E-state index contributed by atoms with van der Waals surface area (Å²) in [5.41, 5.74) is 0. The molecule has 0 heterocycles. The van der Waals surface area contributed by atoms with Gasteiger partial charge >= 0.3 is 11.9 Å². The predicted molar refractivity (Wildman–Crippen MR) is 212 cm³/mol. The maximum Gasteiger partial charge on any atom is 0.322 e. The number of ether oxygens (including phenoxy) is 1. The van der Waals surface area contributed by atoms with Crippen molar-refractivity contribution in [3.05, 3.63) is 85.1 Å². The average molecular weight is 694 g/mol. The molecule has 1 unspecified atom stereocenters. The monoisotopic (exact) mass is 694 g/mol. The highest BCUT2D eigenvalue weighted by Crippen LogP contribution is 2.15. The molecule has 0 bridgehead atoms. The molecule has 6 heteroatoms. The number of carboxylic acid groups (broad SMARTS) is 1. The third kappa shape index (κ3) is 37.4. The van der Waals surface area contributed by atoms with Crippen LogP contribution in [0.3, 0.4) is 0 Å². The lowest BCUT2D eigenvalue weighted by molar-refractivity contribution is -0.147. The number of carbonyl (C=O) groups excluding carboxylic acids is 2. The van der Waals surface area contributed by atoms with Crippen molar-refractivity contribution in [2.45, 2.75) is 168 Å². The lowest BCUT2D eigenvalue weighted by Crippen LogP contribution is -2.28. The molecule has 50 heavy (non-hydrogen) atoms. The Morgan fingerprint density at radius 3 is 1.62 bits per heavy atom. The number of amides is 1. The van der Waals surface area contributed by atoms with Crippen LogP contribution >= 0.6 is 0 Å². The topological polar surface area (TPSA) is 92.7 Å². The van der Waals surface area contributed by atoms with Gasteiger partial charge in [0.25, 0.3) is 0 Å². The van der Waals surface area contributed by atoms with Crippen LogP contribution in [0.2, 0.25) is 0 Å². The first kappa shape index (κ1) is 46.6. The molecule has 0 aliphatic rings. The molecule has 0 aromatic carbocycles. The van der Waals surface area contributed by atoms with Gasteiger partial charge < -0.3 is 15.2 Å². The van der Waals surface area contributed by atoms with Crippen molar-refractivity contribution in [2.24, 2.45) is 0 Å². The number of esters is 1. The van der Waals surface area contributed by atoms with Gasteiger partial charge in [-0.15, -0.1) is 0 Å². The van der Waals surface area contributed by atoms with Crippen LogP contribution in [0.15, 0.2) is 85.1 Å². The fraction of sp³-hybridized carbons (Fsp3) is 0.614. The van der Waals surface area contributed by atoms with Gasteiger partial charge in [0.2, 0.25) is 5.91 Å². The van der Waals surface area contributed by atoms with E-state index in [1.165, 1.54) is 25.7 Å². The van der Waals surface area contributed by atoms with Crippen LogP contribution in [-0.4, -0.2) is 35.6 Å². The Morgan fingerprint density at radius 2 is 1.04 bits per heavy atom. The minimum Gasteiger partial charge on any atom is -0.480 e. The molecule has 0 rings (SSSR count). The van der Waals surface area contributed by atoms with Gasteiger partial charge in [-0.2, -0.15) is 0 Å². The Balaban J connectivity index is 4.01. The quantitative estimate of drug-likeness (QED) is 0.0397. The number of carbonyl (C=O) groups is 3. The second-order valence-corrected chi connectivity index (χ2v) is 12.8. The highest BCUT2D eigenvalue weighted by atomic mass is 16.5. The minimum absolute atomic E-state index is 0.117. The number of aliphatic carboxylic acids is 1. The summed E-state index contributed by atoms with van der Waals surface area (Å²) in [6, 6.07) is 0. The van der Waals surface area contributed by atoms with E-state index in [0.29, 0.717) is 12.8 Å². The molecular formula is C44H71NO5. The Morgan fingerprint density at radius 1 is 0.560 bits per heavy atom. The van der Waals surface area contributed by atoms with Crippen molar-refractivity contribution in [3.8, 4) is 0 Å².